The number of amides is 1. The van der Waals surface area contributed by atoms with Gasteiger partial charge in [-0.3, -0.25) is 14.6 Å². The van der Waals surface area contributed by atoms with Crippen LogP contribution in [0.5, 0.6) is 0 Å². The third kappa shape index (κ3) is 6.50. The SMILES string of the molecule is CCC1CCCCN1S(=O)(=O)c1ccc(C(=O)N(CCN2CCOCC2)c2nc3c(S(C)(=O)=O)cccc3s2)cc1. The van der Waals surface area contributed by atoms with Gasteiger partial charge in [-0.1, -0.05) is 30.7 Å². The monoisotopic (exact) mass is 620 g/mol. The lowest BCUT2D eigenvalue weighted by Crippen LogP contribution is -2.43. The maximum Gasteiger partial charge on any atom is 0.260 e. The minimum Gasteiger partial charge on any atom is -0.379 e. The van der Waals surface area contributed by atoms with Gasteiger partial charge in [0, 0.05) is 50.6 Å². The molecule has 0 spiro atoms. The zero-order valence-corrected chi connectivity index (χ0v) is 25.8. The highest BCUT2D eigenvalue weighted by atomic mass is 32.2. The van der Waals surface area contributed by atoms with E-state index in [2.05, 4.69) is 9.88 Å². The summed E-state index contributed by atoms with van der Waals surface area (Å²) in [7, 11) is -7.20. The first-order valence-electron chi connectivity index (χ1n) is 13.9. The van der Waals surface area contributed by atoms with Gasteiger partial charge in [0.25, 0.3) is 5.91 Å². The number of carbonyl (C=O) groups excluding carboxylic acids is 1. The van der Waals surface area contributed by atoms with E-state index in [1.165, 1.54) is 29.5 Å². The minimum absolute atomic E-state index is 0.0124. The summed E-state index contributed by atoms with van der Waals surface area (Å²) in [5.41, 5.74) is 0.673. The van der Waals surface area contributed by atoms with Gasteiger partial charge >= 0.3 is 0 Å². The number of thiazole rings is 1. The molecule has 2 aliphatic rings. The van der Waals surface area contributed by atoms with E-state index in [0.29, 0.717) is 53.8 Å². The van der Waals surface area contributed by atoms with Crippen LogP contribution in [0.3, 0.4) is 0 Å². The van der Waals surface area contributed by atoms with Gasteiger partial charge in [-0.2, -0.15) is 4.31 Å². The molecule has 1 aromatic heterocycles. The second-order valence-electron chi connectivity index (χ2n) is 10.5. The molecule has 222 valence electrons. The van der Waals surface area contributed by atoms with Crippen LogP contribution in [0.4, 0.5) is 5.13 Å². The minimum atomic E-state index is -3.68. The molecule has 0 N–H and O–H groups in total. The lowest BCUT2D eigenvalue weighted by atomic mass is 10.0. The Balaban J connectivity index is 1.45. The Morgan fingerprint density at radius 3 is 2.46 bits per heavy atom. The van der Waals surface area contributed by atoms with Crippen molar-refractivity contribution in [1.82, 2.24) is 14.2 Å². The van der Waals surface area contributed by atoms with Crippen molar-refractivity contribution in [3.8, 4) is 0 Å². The Bertz CT molecular complexity index is 1600. The molecule has 0 saturated carbocycles. The summed E-state index contributed by atoms with van der Waals surface area (Å²) in [5.74, 6) is -0.327. The topological polar surface area (TPSA) is 117 Å². The molecule has 41 heavy (non-hydrogen) atoms. The summed E-state index contributed by atoms with van der Waals surface area (Å²) in [4.78, 5) is 22.6. The summed E-state index contributed by atoms with van der Waals surface area (Å²) in [6, 6.07) is 11.1. The maximum atomic E-state index is 13.9. The second kappa shape index (κ2) is 12.4. The van der Waals surface area contributed by atoms with Crippen molar-refractivity contribution in [2.75, 3.05) is 57.1 Å². The highest BCUT2D eigenvalue weighted by Gasteiger charge is 2.33. The van der Waals surface area contributed by atoms with Crippen molar-refractivity contribution in [2.45, 2.75) is 48.4 Å². The van der Waals surface area contributed by atoms with E-state index in [1.54, 1.807) is 33.5 Å². The molecule has 1 unspecified atom stereocenters. The van der Waals surface area contributed by atoms with Crippen LogP contribution in [0, 0.1) is 0 Å². The molecule has 1 amide bonds. The lowest BCUT2D eigenvalue weighted by molar-refractivity contribution is 0.0391. The van der Waals surface area contributed by atoms with Gasteiger partial charge in [-0.05, 0) is 55.7 Å². The Hall–Kier alpha value is -2.42. The Morgan fingerprint density at radius 1 is 1.05 bits per heavy atom. The fourth-order valence-corrected chi connectivity index (χ4v) is 9.12. The number of aromatic nitrogens is 1. The zero-order valence-electron chi connectivity index (χ0n) is 23.4. The molecule has 0 aliphatic carbocycles. The number of sulfonamides is 1. The number of morpholine rings is 1. The van der Waals surface area contributed by atoms with E-state index in [0.717, 1.165) is 45.0 Å². The van der Waals surface area contributed by atoms with E-state index in [9.17, 15) is 21.6 Å². The van der Waals surface area contributed by atoms with E-state index < -0.39 is 19.9 Å². The number of carbonyl (C=O) groups is 1. The number of benzene rings is 2. The predicted octanol–water partition coefficient (Wildman–Crippen LogP) is 3.63. The summed E-state index contributed by atoms with van der Waals surface area (Å²) in [6.45, 7) is 6.18. The molecule has 2 aliphatic heterocycles. The van der Waals surface area contributed by atoms with Crippen LogP contribution in [0.25, 0.3) is 10.2 Å². The highest BCUT2D eigenvalue weighted by molar-refractivity contribution is 7.91. The van der Waals surface area contributed by atoms with Crippen molar-refractivity contribution in [3.63, 3.8) is 0 Å². The van der Waals surface area contributed by atoms with E-state index in [1.807, 2.05) is 6.92 Å². The molecule has 2 aromatic carbocycles. The second-order valence-corrected chi connectivity index (χ2v) is 15.4. The van der Waals surface area contributed by atoms with Crippen LogP contribution >= 0.6 is 11.3 Å². The van der Waals surface area contributed by atoms with Crippen LogP contribution in [0.15, 0.2) is 52.3 Å². The lowest BCUT2D eigenvalue weighted by Gasteiger charge is -2.34. The number of fused-ring (bicyclic) bond motifs is 1. The van der Waals surface area contributed by atoms with Gasteiger partial charge in [0.15, 0.2) is 15.0 Å². The van der Waals surface area contributed by atoms with Gasteiger partial charge < -0.3 is 4.74 Å². The normalized spacial score (nSPS) is 19.4. The Morgan fingerprint density at radius 2 is 1.78 bits per heavy atom. The number of ether oxygens (including phenoxy) is 1. The summed E-state index contributed by atoms with van der Waals surface area (Å²) in [5, 5.41) is 0.394. The molecular weight excluding hydrogens is 585 g/mol. The first-order valence-corrected chi connectivity index (χ1v) is 18.1. The standard InChI is InChI=1S/C28H36N4O6S3/c1-3-22-7-4-5-14-32(22)41(36,37)23-12-10-21(11-13-23)27(33)31(16-15-30-17-19-38-20-18-30)28-29-26-24(39-28)8-6-9-25(26)40(2,34)35/h6,8-13,22H,3-5,7,14-20H2,1-2H3. The van der Waals surface area contributed by atoms with E-state index >= 15 is 0 Å². The predicted molar refractivity (Wildman–Crippen MR) is 160 cm³/mol. The summed E-state index contributed by atoms with van der Waals surface area (Å²) in [6.07, 6.45) is 4.62. The number of para-hydroxylation sites is 1. The van der Waals surface area contributed by atoms with Crippen LogP contribution < -0.4 is 4.90 Å². The van der Waals surface area contributed by atoms with Gasteiger partial charge in [-0.15, -0.1) is 0 Å². The molecule has 0 bridgehead atoms. The molecule has 5 rings (SSSR count). The molecule has 10 nitrogen and oxygen atoms in total. The number of piperidine rings is 1. The van der Waals surface area contributed by atoms with Gasteiger partial charge in [0.2, 0.25) is 10.0 Å². The molecule has 1 atom stereocenters. The molecule has 13 heteroatoms. The molecule has 3 aromatic rings. The van der Waals surface area contributed by atoms with E-state index in [4.69, 9.17) is 4.74 Å². The average molecular weight is 621 g/mol. The largest absolute Gasteiger partial charge is 0.379 e. The van der Waals surface area contributed by atoms with Gasteiger partial charge in [-0.25, -0.2) is 21.8 Å². The van der Waals surface area contributed by atoms with Gasteiger partial charge in [0.05, 0.1) is 27.7 Å². The summed E-state index contributed by atoms with van der Waals surface area (Å²) >= 11 is 1.26. The van der Waals surface area contributed by atoms with Crippen molar-refractivity contribution < 1.29 is 26.4 Å². The number of nitrogens with zero attached hydrogens (tertiary/aromatic N) is 4. The first-order chi connectivity index (χ1) is 19.6. The van der Waals surface area contributed by atoms with Crippen LogP contribution in [0.2, 0.25) is 0 Å². The third-order valence-electron chi connectivity index (χ3n) is 7.74. The van der Waals surface area contributed by atoms with Gasteiger partial charge in [0.1, 0.15) is 5.52 Å². The fraction of sp³-hybridized carbons (Fsp3) is 0.500. The number of hydrogen-bond donors (Lipinski definition) is 0. The zero-order chi connectivity index (χ0) is 29.2. The van der Waals surface area contributed by atoms with Crippen LogP contribution in [-0.4, -0.2) is 95.2 Å². The number of hydrogen-bond acceptors (Lipinski definition) is 9. The summed E-state index contributed by atoms with van der Waals surface area (Å²) < 4.78 is 59.4. The van der Waals surface area contributed by atoms with Crippen molar-refractivity contribution in [3.05, 3.63) is 48.0 Å². The number of rotatable bonds is 9. The van der Waals surface area contributed by atoms with E-state index in [-0.39, 0.29) is 21.7 Å². The Labute approximate surface area is 245 Å². The first kappa shape index (κ1) is 30.1. The highest BCUT2D eigenvalue weighted by Crippen LogP contribution is 2.34. The average Bonchev–Trinajstić information content (AvgIpc) is 3.41. The van der Waals surface area contributed by atoms with Crippen LogP contribution in [0.1, 0.15) is 43.0 Å². The molecule has 3 heterocycles. The molecule has 0 radical (unpaired) electrons. The maximum absolute atomic E-state index is 13.9. The van der Waals surface area contributed by atoms with Crippen LogP contribution in [-0.2, 0) is 24.6 Å². The Kier molecular flexibility index (Phi) is 9.12. The molecule has 2 saturated heterocycles. The van der Waals surface area contributed by atoms with Crippen molar-refractivity contribution in [1.29, 1.82) is 0 Å². The van der Waals surface area contributed by atoms with Crippen molar-refractivity contribution in [2.24, 2.45) is 0 Å². The molecular formula is C28H36N4O6S3. The van der Waals surface area contributed by atoms with Crippen molar-refractivity contribution >= 4 is 52.5 Å². The third-order valence-corrected chi connectivity index (χ3v) is 11.9. The quantitative estimate of drug-likeness (QED) is 0.356. The number of sulfone groups is 1. The number of anilines is 1. The smallest absolute Gasteiger partial charge is 0.260 e. The fourth-order valence-electron chi connectivity index (χ4n) is 5.44. The molecule has 2 fully saturated rings.